The monoisotopic (exact) mass is 215 g/mol. The van der Waals surface area contributed by atoms with Gasteiger partial charge in [-0.25, -0.2) is 0 Å². The van der Waals surface area contributed by atoms with Crippen LogP contribution in [0.3, 0.4) is 0 Å². The zero-order valence-electron chi connectivity index (χ0n) is 8.15. The Labute approximate surface area is 82.7 Å². The Morgan fingerprint density at radius 2 is 1.62 bits per heavy atom. The van der Waals surface area contributed by atoms with Gasteiger partial charge in [-0.05, 0) is 18.2 Å². The van der Waals surface area contributed by atoms with Gasteiger partial charge in [-0.1, -0.05) is 13.8 Å². The highest BCUT2D eigenvalue weighted by atomic mass is 32.1. The van der Waals surface area contributed by atoms with E-state index in [1.807, 2.05) is 13.8 Å². The van der Waals surface area contributed by atoms with Gasteiger partial charge in [-0.2, -0.15) is 25.8 Å². The molecule has 0 spiro atoms. The van der Waals surface area contributed by atoms with Crippen molar-refractivity contribution in [1.82, 2.24) is 4.90 Å². The van der Waals surface area contributed by atoms with Crippen LogP contribution in [0.2, 0.25) is 0 Å². The van der Waals surface area contributed by atoms with Crippen LogP contribution in [0.25, 0.3) is 0 Å². The maximum atomic E-state index is 11.9. The molecular weight excluding hydrogens is 199 g/mol. The van der Waals surface area contributed by atoms with Crippen LogP contribution in [-0.4, -0.2) is 37.0 Å². The molecule has 0 aliphatic rings. The molecule has 0 fully saturated rings. The molecule has 0 aromatic rings. The van der Waals surface area contributed by atoms with Crippen LogP contribution in [-0.2, 0) is 0 Å². The predicted molar refractivity (Wildman–Crippen MR) is 51.2 cm³/mol. The number of rotatable bonds is 4. The second-order valence-electron chi connectivity index (χ2n) is 4.11. The normalized spacial score (nSPS) is 13.8. The molecule has 0 aromatic carbocycles. The molecule has 0 aromatic heterocycles. The lowest BCUT2D eigenvalue weighted by Gasteiger charge is -2.29. The fourth-order valence-electron chi connectivity index (χ4n) is 1.14. The molecule has 0 saturated carbocycles. The van der Waals surface area contributed by atoms with Crippen molar-refractivity contribution < 1.29 is 13.2 Å². The van der Waals surface area contributed by atoms with Crippen LogP contribution in [0.1, 0.15) is 13.8 Å². The molecule has 0 amide bonds. The lowest BCUT2D eigenvalue weighted by molar-refractivity contribution is -0.145. The lowest BCUT2D eigenvalue weighted by Crippen LogP contribution is -2.38. The fourth-order valence-corrected chi connectivity index (χ4v) is 1.24. The Bertz CT molecular complexity index is 156. The highest BCUT2D eigenvalue weighted by molar-refractivity contribution is 7.80. The predicted octanol–water partition coefficient (Wildman–Crippen LogP) is 2.44. The van der Waals surface area contributed by atoms with E-state index in [4.69, 9.17) is 0 Å². The van der Waals surface area contributed by atoms with Crippen molar-refractivity contribution in [3.05, 3.63) is 0 Å². The quantitative estimate of drug-likeness (QED) is 0.705. The molecule has 13 heavy (non-hydrogen) atoms. The summed E-state index contributed by atoms with van der Waals surface area (Å²) >= 11 is 4.08. The van der Waals surface area contributed by atoms with Gasteiger partial charge in [0.15, 0.2) is 0 Å². The molecule has 0 radical (unpaired) electrons. The molecule has 5 heteroatoms. The first kappa shape index (κ1) is 13.1. The highest BCUT2D eigenvalue weighted by Gasteiger charge is 2.31. The molecule has 0 N–H and O–H groups in total. The lowest BCUT2D eigenvalue weighted by atomic mass is 9.96. The Kier molecular flexibility index (Phi) is 4.59. The third kappa shape index (κ3) is 7.19. The van der Waals surface area contributed by atoms with E-state index in [0.717, 1.165) is 0 Å². The number of alkyl halides is 3. The largest absolute Gasteiger partial charge is 0.401 e. The summed E-state index contributed by atoms with van der Waals surface area (Å²) < 4.78 is 35.8. The van der Waals surface area contributed by atoms with Gasteiger partial charge in [0.25, 0.3) is 0 Å². The zero-order chi connectivity index (χ0) is 10.7. The van der Waals surface area contributed by atoms with Crippen molar-refractivity contribution in [3.8, 4) is 0 Å². The number of thiol groups is 1. The summed E-state index contributed by atoms with van der Waals surface area (Å²) in [5, 5.41) is 0. The van der Waals surface area contributed by atoms with Gasteiger partial charge in [0, 0.05) is 6.54 Å². The zero-order valence-corrected chi connectivity index (χ0v) is 9.04. The molecule has 0 rings (SSSR count). The first-order valence-corrected chi connectivity index (χ1v) is 4.66. The second kappa shape index (κ2) is 4.55. The van der Waals surface area contributed by atoms with E-state index in [1.165, 1.54) is 11.9 Å². The number of hydrogen-bond donors (Lipinski definition) is 1. The van der Waals surface area contributed by atoms with Gasteiger partial charge in [0.1, 0.15) is 0 Å². The molecule has 1 nitrogen and oxygen atoms in total. The van der Waals surface area contributed by atoms with Gasteiger partial charge >= 0.3 is 6.18 Å². The van der Waals surface area contributed by atoms with Gasteiger partial charge in [0.05, 0.1) is 6.54 Å². The average molecular weight is 215 g/mol. The van der Waals surface area contributed by atoms with Crippen LogP contribution in [0.5, 0.6) is 0 Å². The number of nitrogens with zero attached hydrogens (tertiary/aromatic N) is 1. The van der Waals surface area contributed by atoms with Crippen molar-refractivity contribution in [2.75, 3.05) is 25.9 Å². The maximum Gasteiger partial charge on any atom is 0.401 e. The average Bonchev–Trinajstić information content (AvgIpc) is 1.81. The Hall–Kier alpha value is 0.100. The molecule has 0 bridgehead atoms. The van der Waals surface area contributed by atoms with E-state index in [9.17, 15) is 13.2 Å². The standard InChI is InChI=1S/C8H16F3NS/c1-7(2,6-13)4-12(3)5-8(9,10)11/h13H,4-6H2,1-3H3. The van der Waals surface area contributed by atoms with Gasteiger partial charge in [0.2, 0.25) is 0 Å². The summed E-state index contributed by atoms with van der Waals surface area (Å²) in [6, 6.07) is 0. The topological polar surface area (TPSA) is 3.24 Å². The third-order valence-electron chi connectivity index (χ3n) is 1.58. The van der Waals surface area contributed by atoms with Crippen molar-refractivity contribution in [2.45, 2.75) is 20.0 Å². The molecule has 80 valence electrons. The smallest absolute Gasteiger partial charge is 0.298 e. The number of hydrogen-bond acceptors (Lipinski definition) is 2. The minimum absolute atomic E-state index is 0.177. The maximum absolute atomic E-state index is 11.9. The second-order valence-corrected chi connectivity index (χ2v) is 4.43. The third-order valence-corrected chi connectivity index (χ3v) is 2.43. The summed E-state index contributed by atoms with van der Waals surface area (Å²) in [4.78, 5) is 1.27. The molecule has 0 atom stereocenters. The summed E-state index contributed by atoms with van der Waals surface area (Å²) in [6.07, 6.45) is -4.11. The van der Waals surface area contributed by atoms with Crippen molar-refractivity contribution in [1.29, 1.82) is 0 Å². The van der Waals surface area contributed by atoms with Crippen LogP contribution < -0.4 is 0 Å². The minimum Gasteiger partial charge on any atom is -0.298 e. The first-order chi connectivity index (χ1) is 5.66. The molecular formula is C8H16F3NS. The summed E-state index contributed by atoms with van der Waals surface area (Å²) in [7, 11) is 1.47. The fraction of sp³-hybridized carbons (Fsp3) is 1.00. The SMILES string of the molecule is CN(CC(F)(F)F)CC(C)(C)CS. The molecule has 0 unspecified atom stereocenters. The van der Waals surface area contributed by atoms with Gasteiger partial charge in [-0.3, -0.25) is 4.90 Å². The van der Waals surface area contributed by atoms with E-state index < -0.39 is 12.7 Å². The Morgan fingerprint density at radius 1 is 1.15 bits per heavy atom. The summed E-state index contributed by atoms with van der Waals surface area (Å²) in [5.74, 6) is 0.579. The van der Waals surface area contributed by atoms with E-state index in [0.29, 0.717) is 12.3 Å². The van der Waals surface area contributed by atoms with Crippen LogP contribution in [0.15, 0.2) is 0 Å². The molecule has 0 aliphatic heterocycles. The number of halogens is 3. The van der Waals surface area contributed by atoms with E-state index in [-0.39, 0.29) is 5.41 Å². The van der Waals surface area contributed by atoms with Crippen LogP contribution >= 0.6 is 12.6 Å². The van der Waals surface area contributed by atoms with E-state index >= 15 is 0 Å². The Balaban J connectivity index is 3.94. The van der Waals surface area contributed by atoms with E-state index in [1.54, 1.807) is 0 Å². The summed E-state index contributed by atoms with van der Waals surface area (Å²) in [5.41, 5.74) is -0.177. The molecule has 0 aliphatic carbocycles. The van der Waals surface area contributed by atoms with Gasteiger partial charge < -0.3 is 0 Å². The van der Waals surface area contributed by atoms with E-state index in [2.05, 4.69) is 12.6 Å². The molecule has 0 heterocycles. The van der Waals surface area contributed by atoms with Crippen molar-refractivity contribution >= 4 is 12.6 Å². The van der Waals surface area contributed by atoms with Crippen LogP contribution in [0, 0.1) is 5.41 Å². The minimum atomic E-state index is -4.11. The highest BCUT2D eigenvalue weighted by Crippen LogP contribution is 2.21. The summed E-state index contributed by atoms with van der Waals surface area (Å²) in [6.45, 7) is 3.33. The molecule has 0 saturated heterocycles. The van der Waals surface area contributed by atoms with Gasteiger partial charge in [-0.15, -0.1) is 0 Å². The Morgan fingerprint density at radius 3 is 1.92 bits per heavy atom. The van der Waals surface area contributed by atoms with Crippen LogP contribution in [0.4, 0.5) is 13.2 Å². The first-order valence-electron chi connectivity index (χ1n) is 4.02. The van der Waals surface area contributed by atoms with Crippen molar-refractivity contribution in [3.63, 3.8) is 0 Å². The van der Waals surface area contributed by atoms with Crippen molar-refractivity contribution in [2.24, 2.45) is 5.41 Å².